The predicted molar refractivity (Wildman–Crippen MR) is 104 cm³/mol. The molecule has 0 aliphatic carbocycles. The van der Waals surface area contributed by atoms with Crippen molar-refractivity contribution in [3.63, 3.8) is 0 Å². The number of benzene rings is 2. The van der Waals surface area contributed by atoms with Gasteiger partial charge in [0, 0.05) is 24.2 Å². The standard InChI is InChI=1S/C22H23N3O2/c1-15-3-8-20-18(11-15)19-13-24(2)10-9-21(19)25(20)22(26)14-27-17-6-4-16(12-23)5-7-17/h3-8,11,19,21H,9-10,13-14H2,1-2H3. The molecule has 138 valence electrons. The van der Waals surface area contributed by atoms with E-state index in [1.54, 1.807) is 24.3 Å². The Kier molecular flexibility index (Phi) is 4.59. The van der Waals surface area contributed by atoms with Crippen molar-refractivity contribution in [2.45, 2.75) is 25.3 Å². The van der Waals surface area contributed by atoms with Crippen LogP contribution >= 0.6 is 0 Å². The molecule has 2 atom stereocenters. The van der Waals surface area contributed by atoms with Crippen LogP contribution in [-0.4, -0.2) is 43.6 Å². The first-order valence-corrected chi connectivity index (χ1v) is 9.31. The number of carbonyl (C=O) groups excluding carboxylic acids is 1. The lowest BCUT2D eigenvalue weighted by molar-refractivity contribution is -0.121. The van der Waals surface area contributed by atoms with Gasteiger partial charge in [0.1, 0.15) is 5.75 Å². The van der Waals surface area contributed by atoms with Crippen molar-refractivity contribution in [2.75, 3.05) is 31.6 Å². The zero-order valence-corrected chi connectivity index (χ0v) is 15.7. The van der Waals surface area contributed by atoms with E-state index >= 15 is 0 Å². The number of likely N-dealkylation sites (tertiary alicyclic amines) is 1. The Morgan fingerprint density at radius 2 is 2.04 bits per heavy atom. The first-order chi connectivity index (χ1) is 13.1. The zero-order valence-electron chi connectivity index (χ0n) is 15.7. The Bertz CT molecular complexity index is 901. The SMILES string of the molecule is Cc1ccc2c(c1)C1CN(C)CCC1N2C(=O)COc1ccc(C#N)cc1. The van der Waals surface area contributed by atoms with Gasteiger partial charge in [-0.25, -0.2) is 0 Å². The van der Waals surface area contributed by atoms with Gasteiger partial charge in [0.05, 0.1) is 11.6 Å². The molecule has 2 heterocycles. The fourth-order valence-electron chi connectivity index (χ4n) is 4.25. The van der Waals surface area contributed by atoms with Gasteiger partial charge in [-0.3, -0.25) is 4.79 Å². The van der Waals surface area contributed by atoms with Crippen LogP contribution in [0.25, 0.3) is 0 Å². The molecule has 0 aromatic heterocycles. The Hall–Kier alpha value is -2.84. The summed E-state index contributed by atoms with van der Waals surface area (Å²) in [5.74, 6) is 0.949. The lowest BCUT2D eigenvalue weighted by Crippen LogP contribution is -2.48. The Morgan fingerprint density at radius 1 is 1.26 bits per heavy atom. The number of ether oxygens (including phenoxy) is 1. The Balaban J connectivity index is 1.54. The fourth-order valence-corrected chi connectivity index (χ4v) is 4.25. The molecule has 2 aliphatic rings. The molecule has 0 spiro atoms. The van der Waals surface area contributed by atoms with Gasteiger partial charge in [0.15, 0.2) is 6.61 Å². The van der Waals surface area contributed by atoms with Crippen LogP contribution in [-0.2, 0) is 4.79 Å². The van der Waals surface area contributed by atoms with Crippen molar-refractivity contribution < 1.29 is 9.53 Å². The summed E-state index contributed by atoms with van der Waals surface area (Å²) in [6.45, 7) is 4.06. The van der Waals surface area contributed by atoms with Crippen molar-refractivity contribution in [1.29, 1.82) is 5.26 Å². The number of hydrogen-bond acceptors (Lipinski definition) is 4. The average Bonchev–Trinajstić information content (AvgIpc) is 2.99. The third-order valence-electron chi connectivity index (χ3n) is 5.57. The third-order valence-corrected chi connectivity index (χ3v) is 5.57. The van der Waals surface area contributed by atoms with Crippen LogP contribution in [0.3, 0.4) is 0 Å². The fraction of sp³-hybridized carbons (Fsp3) is 0.364. The molecule has 0 saturated carbocycles. The minimum absolute atomic E-state index is 0.00171. The Morgan fingerprint density at radius 3 is 2.78 bits per heavy atom. The summed E-state index contributed by atoms with van der Waals surface area (Å²) in [6, 6.07) is 15.5. The molecule has 2 aliphatic heterocycles. The maximum absolute atomic E-state index is 13.1. The van der Waals surface area contributed by atoms with Gasteiger partial charge in [-0.1, -0.05) is 17.7 Å². The van der Waals surface area contributed by atoms with Gasteiger partial charge in [0.2, 0.25) is 0 Å². The highest BCUT2D eigenvalue weighted by molar-refractivity contribution is 5.98. The number of rotatable bonds is 3. The molecular formula is C22H23N3O2. The van der Waals surface area contributed by atoms with Crippen LogP contribution in [0.2, 0.25) is 0 Å². The molecule has 0 radical (unpaired) electrons. The first-order valence-electron chi connectivity index (χ1n) is 9.31. The second-order valence-electron chi connectivity index (χ2n) is 7.48. The number of amides is 1. The van der Waals surface area contributed by atoms with Crippen LogP contribution < -0.4 is 9.64 Å². The summed E-state index contributed by atoms with van der Waals surface area (Å²) in [4.78, 5) is 17.4. The maximum Gasteiger partial charge on any atom is 0.265 e. The minimum Gasteiger partial charge on any atom is -0.484 e. The van der Waals surface area contributed by atoms with Gasteiger partial charge >= 0.3 is 0 Å². The second-order valence-corrected chi connectivity index (χ2v) is 7.48. The van der Waals surface area contributed by atoms with Gasteiger partial charge in [-0.05, 0) is 62.8 Å². The highest BCUT2D eigenvalue weighted by Crippen LogP contribution is 2.44. The number of nitrogens with zero attached hydrogens (tertiary/aromatic N) is 3. The Labute approximate surface area is 159 Å². The summed E-state index contributed by atoms with van der Waals surface area (Å²) in [7, 11) is 2.14. The third kappa shape index (κ3) is 3.29. The quantitative estimate of drug-likeness (QED) is 0.843. The van der Waals surface area contributed by atoms with E-state index < -0.39 is 0 Å². The van der Waals surface area contributed by atoms with E-state index in [9.17, 15) is 4.79 Å². The lowest BCUT2D eigenvalue weighted by atomic mass is 9.89. The van der Waals surface area contributed by atoms with Crippen molar-refractivity contribution in [1.82, 2.24) is 4.90 Å². The van der Waals surface area contributed by atoms with Crippen molar-refractivity contribution >= 4 is 11.6 Å². The van der Waals surface area contributed by atoms with Gasteiger partial charge in [-0.2, -0.15) is 5.26 Å². The van der Waals surface area contributed by atoms with E-state index in [4.69, 9.17) is 10.00 Å². The summed E-state index contributed by atoms with van der Waals surface area (Å²) in [5.41, 5.74) is 4.10. The number of carbonyl (C=O) groups is 1. The predicted octanol–water partition coefficient (Wildman–Crippen LogP) is 3.08. The normalized spacial score (nSPS) is 21.3. The monoisotopic (exact) mass is 361 g/mol. The number of fused-ring (bicyclic) bond motifs is 3. The molecule has 1 amide bonds. The molecule has 0 bridgehead atoms. The number of nitriles is 1. The number of likely N-dealkylation sites (N-methyl/N-ethyl adjacent to an activating group) is 1. The lowest BCUT2D eigenvalue weighted by Gasteiger charge is -2.36. The van der Waals surface area contributed by atoms with Crippen LogP contribution in [0, 0.1) is 18.3 Å². The van der Waals surface area contributed by atoms with Crippen LogP contribution in [0.5, 0.6) is 5.75 Å². The van der Waals surface area contributed by atoms with E-state index in [1.165, 1.54) is 11.1 Å². The van der Waals surface area contributed by atoms with Crippen molar-refractivity contribution in [3.8, 4) is 11.8 Å². The summed E-state index contributed by atoms with van der Waals surface area (Å²) >= 11 is 0. The number of anilines is 1. The molecule has 2 unspecified atom stereocenters. The van der Waals surface area contributed by atoms with Crippen LogP contribution in [0.4, 0.5) is 5.69 Å². The summed E-state index contributed by atoms with van der Waals surface area (Å²) in [6.07, 6.45) is 0.970. The molecule has 0 N–H and O–H groups in total. The average molecular weight is 361 g/mol. The first kappa shape index (κ1) is 17.6. The smallest absolute Gasteiger partial charge is 0.265 e. The zero-order chi connectivity index (χ0) is 19.0. The van der Waals surface area contributed by atoms with Crippen LogP contribution in [0.1, 0.15) is 29.0 Å². The maximum atomic E-state index is 13.1. The largest absolute Gasteiger partial charge is 0.484 e. The summed E-state index contributed by atoms with van der Waals surface area (Å²) < 4.78 is 5.71. The molecule has 1 fully saturated rings. The molecule has 2 aromatic carbocycles. The van der Waals surface area contributed by atoms with E-state index in [1.807, 2.05) is 4.90 Å². The van der Waals surface area contributed by atoms with Gasteiger partial charge in [0.25, 0.3) is 5.91 Å². The molecule has 27 heavy (non-hydrogen) atoms. The molecule has 5 heteroatoms. The van der Waals surface area contributed by atoms with Crippen molar-refractivity contribution in [3.05, 3.63) is 59.2 Å². The van der Waals surface area contributed by atoms with E-state index in [2.05, 4.69) is 43.1 Å². The molecular weight excluding hydrogens is 338 g/mol. The number of piperidine rings is 1. The highest BCUT2D eigenvalue weighted by Gasteiger charge is 2.43. The molecule has 2 aromatic rings. The highest BCUT2D eigenvalue weighted by atomic mass is 16.5. The number of hydrogen-bond donors (Lipinski definition) is 0. The molecule has 4 rings (SSSR count). The summed E-state index contributed by atoms with van der Waals surface area (Å²) in [5, 5.41) is 8.88. The van der Waals surface area contributed by atoms with E-state index in [0.29, 0.717) is 17.2 Å². The minimum atomic E-state index is -0.0125. The second kappa shape index (κ2) is 7.05. The van der Waals surface area contributed by atoms with E-state index in [0.717, 1.165) is 25.2 Å². The number of aryl methyl sites for hydroxylation is 1. The van der Waals surface area contributed by atoms with Gasteiger partial charge in [-0.15, -0.1) is 0 Å². The topological polar surface area (TPSA) is 56.6 Å². The molecule has 1 saturated heterocycles. The van der Waals surface area contributed by atoms with Crippen molar-refractivity contribution in [2.24, 2.45) is 0 Å². The molecule has 5 nitrogen and oxygen atoms in total. The van der Waals surface area contributed by atoms with Crippen LogP contribution in [0.15, 0.2) is 42.5 Å². The van der Waals surface area contributed by atoms with Gasteiger partial charge < -0.3 is 14.5 Å². The van der Waals surface area contributed by atoms with E-state index in [-0.39, 0.29) is 18.6 Å².